The van der Waals surface area contributed by atoms with Crippen LogP contribution in [0, 0.1) is 5.92 Å². The molecule has 1 aliphatic carbocycles. The summed E-state index contributed by atoms with van der Waals surface area (Å²) in [7, 11) is 0. The third-order valence-electron chi connectivity index (χ3n) is 3.73. The molecule has 2 rings (SSSR count). The van der Waals surface area contributed by atoms with Gasteiger partial charge in [-0.25, -0.2) is 5.43 Å². The Morgan fingerprint density at radius 2 is 1.75 bits per heavy atom. The zero-order valence-corrected chi connectivity index (χ0v) is 11.5. The number of nitrogens with two attached hydrogens (primary N) is 1. The third kappa shape index (κ3) is 3.81. The first-order valence-corrected chi connectivity index (χ1v) is 7.08. The number of primary amides is 1. The lowest BCUT2D eigenvalue weighted by Crippen LogP contribution is -2.47. The van der Waals surface area contributed by atoms with Crippen LogP contribution in [-0.4, -0.2) is 11.8 Å². The fraction of sp³-hybridized carbons (Fsp3) is 0.467. The maximum Gasteiger partial charge on any atom is 0.240 e. The Bertz CT molecular complexity index is 455. The van der Waals surface area contributed by atoms with Crippen molar-refractivity contribution in [2.75, 3.05) is 0 Å². The van der Waals surface area contributed by atoms with Gasteiger partial charge in [0.1, 0.15) is 6.04 Å². The van der Waals surface area contributed by atoms with Gasteiger partial charge < -0.3 is 5.73 Å². The molecule has 0 aromatic heterocycles. The summed E-state index contributed by atoms with van der Waals surface area (Å²) in [6, 6.07) is 8.42. The molecule has 1 aliphatic rings. The number of rotatable bonds is 5. The van der Waals surface area contributed by atoms with Crippen LogP contribution in [0.5, 0.6) is 0 Å². The molecule has 108 valence electrons. The van der Waals surface area contributed by atoms with E-state index in [1.165, 1.54) is 6.42 Å². The minimum absolute atomic E-state index is 0.0422. The molecular weight excluding hydrogens is 254 g/mol. The van der Waals surface area contributed by atoms with E-state index in [0.29, 0.717) is 0 Å². The number of hydrogen-bond acceptors (Lipinski definition) is 3. The highest BCUT2D eigenvalue weighted by Crippen LogP contribution is 2.23. The molecule has 0 saturated heterocycles. The first kappa shape index (κ1) is 14.5. The van der Waals surface area contributed by atoms with E-state index in [0.717, 1.165) is 31.2 Å². The Balaban J connectivity index is 1.92. The van der Waals surface area contributed by atoms with Gasteiger partial charge in [-0.05, 0) is 18.4 Å². The molecular formula is C15H21N3O2. The van der Waals surface area contributed by atoms with Crippen molar-refractivity contribution < 1.29 is 9.59 Å². The van der Waals surface area contributed by atoms with E-state index in [1.807, 2.05) is 18.2 Å². The lowest BCUT2D eigenvalue weighted by atomic mass is 9.89. The Morgan fingerprint density at radius 1 is 1.10 bits per heavy atom. The normalized spacial score (nSPS) is 17.4. The Kier molecular flexibility index (Phi) is 5.12. The Morgan fingerprint density at radius 3 is 2.35 bits per heavy atom. The Labute approximate surface area is 118 Å². The topological polar surface area (TPSA) is 84.2 Å². The molecule has 5 nitrogen and oxygen atoms in total. The van der Waals surface area contributed by atoms with Crippen LogP contribution in [-0.2, 0) is 9.59 Å². The monoisotopic (exact) mass is 275 g/mol. The van der Waals surface area contributed by atoms with Gasteiger partial charge in [0.15, 0.2) is 0 Å². The fourth-order valence-corrected chi connectivity index (χ4v) is 2.57. The summed E-state index contributed by atoms with van der Waals surface area (Å²) < 4.78 is 0. The van der Waals surface area contributed by atoms with Crippen molar-refractivity contribution in [2.45, 2.75) is 38.1 Å². The van der Waals surface area contributed by atoms with Crippen LogP contribution in [0.4, 0.5) is 0 Å². The van der Waals surface area contributed by atoms with E-state index < -0.39 is 11.9 Å². The zero-order chi connectivity index (χ0) is 14.4. The highest BCUT2D eigenvalue weighted by Gasteiger charge is 2.23. The van der Waals surface area contributed by atoms with E-state index in [9.17, 15) is 9.59 Å². The van der Waals surface area contributed by atoms with Gasteiger partial charge in [0.25, 0.3) is 0 Å². The van der Waals surface area contributed by atoms with E-state index in [-0.39, 0.29) is 11.8 Å². The van der Waals surface area contributed by atoms with E-state index in [4.69, 9.17) is 5.73 Å². The molecule has 20 heavy (non-hydrogen) atoms. The van der Waals surface area contributed by atoms with Crippen LogP contribution >= 0.6 is 0 Å². The largest absolute Gasteiger partial charge is 0.368 e. The maximum absolute atomic E-state index is 12.0. The van der Waals surface area contributed by atoms with Crippen molar-refractivity contribution >= 4 is 11.8 Å². The van der Waals surface area contributed by atoms with E-state index >= 15 is 0 Å². The molecule has 4 N–H and O–H groups in total. The molecule has 0 spiro atoms. The van der Waals surface area contributed by atoms with Gasteiger partial charge in [-0.15, -0.1) is 0 Å². The summed E-state index contributed by atoms with van der Waals surface area (Å²) in [5, 5.41) is 0. The maximum atomic E-state index is 12.0. The number of amides is 2. The SMILES string of the molecule is NC(=O)C(NNC(=O)C1CCCCC1)c1ccccc1. The number of hydrogen-bond donors (Lipinski definition) is 3. The van der Waals surface area contributed by atoms with Crippen LogP contribution in [0.2, 0.25) is 0 Å². The van der Waals surface area contributed by atoms with Gasteiger partial charge in [0, 0.05) is 5.92 Å². The average molecular weight is 275 g/mol. The Hall–Kier alpha value is -1.88. The number of nitrogens with one attached hydrogen (secondary N) is 2. The van der Waals surface area contributed by atoms with Gasteiger partial charge in [0.05, 0.1) is 0 Å². The summed E-state index contributed by atoms with van der Waals surface area (Å²) in [5.41, 5.74) is 11.5. The lowest BCUT2D eigenvalue weighted by molar-refractivity contribution is -0.128. The van der Waals surface area contributed by atoms with Crippen LogP contribution in [0.15, 0.2) is 30.3 Å². The molecule has 1 atom stereocenters. The van der Waals surface area contributed by atoms with Gasteiger partial charge in [-0.2, -0.15) is 0 Å². The van der Waals surface area contributed by atoms with Crippen LogP contribution in [0.25, 0.3) is 0 Å². The molecule has 0 bridgehead atoms. The van der Waals surface area contributed by atoms with Crippen LogP contribution in [0.1, 0.15) is 43.7 Å². The predicted molar refractivity (Wildman–Crippen MR) is 76.2 cm³/mol. The first-order valence-electron chi connectivity index (χ1n) is 7.08. The van der Waals surface area contributed by atoms with E-state index in [1.54, 1.807) is 12.1 Å². The van der Waals surface area contributed by atoms with Crippen molar-refractivity contribution in [3.8, 4) is 0 Å². The molecule has 1 unspecified atom stereocenters. The van der Waals surface area contributed by atoms with Gasteiger partial charge in [-0.1, -0.05) is 49.6 Å². The molecule has 0 aliphatic heterocycles. The molecule has 1 aromatic carbocycles. The third-order valence-corrected chi connectivity index (χ3v) is 3.73. The second kappa shape index (κ2) is 7.05. The summed E-state index contributed by atoms with van der Waals surface area (Å²) in [6.45, 7) is 0. The van der Waals surface area contributed by atoms with Crippen molar-refractivity contribution in [3.63, 3.8) is 0 Å². The van der Waals surface area contributed by atoms with Crippen molar-refractivity contribution in [1.82, 2.24) is 10.9 Å². The molecule has 2 amide bonds. The van der Waals surface area contributed by atoms with Crippen LogP contribution in [0.3, 0.4) is 0 Å². The summed E-state index contributed by atoms with van der Waals surface area (Å²) in [5.74, 6) is -0.521. The number of carbonyl (C=O) groups excluding carboxylic acids is 2. The standard InChI is InChI=1S/C15H21N3O2/c16-14(19)13(11-7-3-1-4-8-11)17-18-15(20)12-9-5-2-6-10-12/h1,3-4,7-8,12-13,17H,2,5-6,9-10H2,(H2,16,19)(H,18,20). The first-order chi connectivity index (χ1) is 9.68. The smallest absolute Gasteiger partial charge is 0.240 e. The van der Waals surface area contributed by atoms with Crippen molar-refractivity contribution in [1.29, 1.82) is 0 Å². The second-order valence-electron chi connectivity index (χ2n) is 5.21. The van der Waals surface area contributed by atoms with Crippen molar-refractivity contribution in [2.24, 2.45) is 11.7 Å². The molecule has 1 aromatic rings. The van der Waals surface area contributed by atoms with Crippen LogP contribution < -0.4 is 16.6 Å². The quantitative estimate of drug-likeness (QED) is 0.710. The van der Waals surface area contributed by atoms with E-state index in [2.05, 4.69) is 10.9 Å². The number of hydrazine groups is 1. The molecule has 1 fully saturated rings. The molecule has 0 heterocycles. The summed E-state index contributed by atoms with van der Waals surface area (Å²) >= 11 is 0. The average Bonchev–Trinajstić information content (AvgIpc) is 2.49. The predicted octanol–water partition coefficient (Wildman–Crippen LogP) is 1.41. The zero-order valence-electron chi connectivity index (χ0n) is 11.5. The highest BCUT2D eigenvalue weighted by molar-refractivity contribution is 5.83. The highest BCUT2D eigenvalue weighted by atomic mass is 16.2. The molecule has 0 radical (unpaired) electrons. The molecule has 5 heteroatoms. The number of benzene rings is 1. The summed E-state index contributed by atoms with van der Waals surface area (Å²) in [4.78, 5) is 23.5. The summed E-state index contributed by atoms with van der Waals surface area (Å²) in [6.07, 6.45) is 5.22. The van der Waals surface area contributed by atoms with Gasteiger partial charge in [0.2, 0.25) is 11.8 Å². The molecule has 1 saturated carbocycles. The fourth-order valence-electron chi connectivity index (χ4n) is 2.57. The minimum Gasteiger partial charge on any atom is -0.368 e. The minimum atomic E-state index is -0.705. The second-order valence-corrected chi connectivity index (χ2v) is 5.21. The van der Waals surface area contributed by atoms with Crippen molar-refractivity contribution in [3.05, 3.63) is 35.9 Å². The van der Waals surface area contributed by atoms with Gasteiger partial charge >= 0.3 is 0 Å². The lowest BCUT2D eigenvalue weighted by Gasteiger charge is -2.23. The number of carbonyl (C=O) groups is 2. The van der Waals surface area contributed by atoms with Gasteiger partial charge in [-0.3, -0.25) is 15.0 Å².